The molecule has 1 atom stereocenters. The molecule has 0 aromatic heterocycles. The number of hydrogen-bond acceptors (Lipinski definition) is 5. The standard InChI is InChI=1S/C28H30Cl2N4O3/c1-31-26(34-14-4-3-5-15-34)18-6-8-19(9-7-18)27(35)33-25-23(16-21(30)17-24(25)37-2)28(36)32-22-12-10-20(29)11-13-22/h6-13,16-17,26,31H,3-5,14-15H2,1-2H3,(H,32,36)(H,33,35). The van der Waals surface area contributed by atoms with Crippen LogP contribution in [0.4, 0.5) is 11.4 Å². The van der Waals surface area contributed by atoms with Gasteiger partial charge in [0.1, 0.15) is 5.75 Å². The van der Waals surface area contributed by atoms with Crippen molar-refractivity contribution < 1.29 is 14.3 Å². The highest BCUT2D eigenvalue weighted by molar-refractivity contribution is 6.32. The molecule has 1 fully saturated rings. The Balaban J connectivity index is 1.55. The Morgan fingerprint density at radius 2 is 1.54 bits per heavy atom. The molecule has 1 aliphatic heterocycles. The molecule has 1 unspecified atom stereocenters. The summed E-state index contributed by atoms with van der Waals surface area (Å²) in [6.45, 7) is 2.09. The van der Waals surface area contributed by atoms with Crippen molar-refractivity contribution in [1.82, 2.24) is 10.2 Å². The maximum atomic E-state index is 13.2. The van der Waals surface area contributed by atoms with Gasteiger partial charge in [-0.2, -0.15) is 0 Å². The number of ether oxygens (including phenoxy) is 1. The Morgan fingerprint density at radius 3 is 2.16 bits per heavy atom. The highest BCUT2D eigenvalue weighted by Gasteiger charge is 2.23. The van der Waals surface area contributed by atoms with Crippen LogP contribution < -0.4 is 20.7 Å². The molecular formula is C28H30Cl2N4O3. The van der Waals surface area contributed by atoms with E-state index < -0.39 is 5.91 Å². The van der Waals surface area contributed by atoms with Crippen molar-refractivity contribution in [2.24, 2.45) is 0 Å². The summed E-state index contributed by atoms with van der Waals surface area (Å²) in [5.41, 5.74) is 2.50. The van der Waals surface area contributed by atoms with Crippen LogP contribution in [0.5, 0.6) is 5.75 Å². The van der Waals surface area contributed by atoms with Gasteiger partial charge in [0, 0.05) is 27.4 Å². The van der Waals surface area contributed by atoms with Crippen LogP contribution in [0.2, 0.25) is 10.0 Å². The summed E-state index contributed by atoms with van der Waals surface area (Å²) < 4.78 is 5.44. The van der Waals surface area contributed by atoms with Crippen LogP contribution in [0.25, 0.3) is 0 Å². The van der Waals surface area contributed by atoms with Gasteiger partial charge in [-0.05, 0) is 81.0 Å². The van der Waals surface area contributed by atoms with Crippen LogP contribution >= 0.6 is 23.2 Å². The van der Waals surface area contributed by atoms with Crippen molar-refractivity contribution in [3.05, 3.63) is 87.4 Å². The second kappa shape index (κ2) is 12.4. The number of amides is 2. The number of nitrogens with zero attached hydrogens (tertiary/aromatic N) is 1. The van der Waals surface area contributed by atoms with E-state index in [1.54, 1.807) is 42.5 Å². The van der Waals surface area contributed by atoms with E-state index in [4.69, 9.17) is 27.9 Å². The number of hydrogen-bond donors (Lipinski definition) is 3. The molecule has 9 heteroatoms. The van der Waals surface area contributed by atoms with Gasteiger partial charge >= 0.3 is 0 Å². The van der Waals surface area contributed by atoms with Crippen molar-refractivity contribution in [1.29, 1.82) is 0 Å². The average Bonchev–Trinajstić information content (AvgIpc) is 2.92. The van der Waals surface area contributed by atoms with Crippen LogP contribution in [0.3, 0.4) is 0 Å². The van der Waals surface area contributed by atoms with Crippen molar-refractivity contribution in [3.63, 3.8) is 0 Å². The summed E-state index contributed by atoms with van der Waals surface area (Å²) in [5, 5.41) is 9.89. The Bertz CT molecular complexity index is 1240. The molecule has 0 bridgehead atoms. The third kappa shape index (κ3) is 6.62. The van der Waals surface area contributed by atoms with Crippen LogP contribution in [0, 0.1) is 0 Å². The lowest BCUT2D eigenvalue weighted by Crippen LogP contribution is -2.40. The molecule has 37 heavy (non-hydrogen) atoms. The number of rotatable bonds is 8. The highest BCUT2D eigenvalue weighted by Crippen LogP contribution is 2.34. The zero-order chi connectivity index (χ0) is 26.4. The zero-order valence-electron chi connectivity index (χ0n) is 20.8. The Kier molecular flexibility index (Phi) is 9.05. The number of halogens is 2. The monoisotopic (exact) mass is 540 g/mol. The van der Waals surface area contributed by atoms with E-state index in [0.717, 1.165) is 18.7 Å². The minimum Gasteiger partial charge on any atom is -0.494 e. The third-order valence-electron chi connectivity index (χ3n) is 6.39. The van der Waals surface area contributed by atoms with Crippen molar-refractivity contribution in [2.45, 2.75) is 25.4 Å². The fourth-order valence-electron chi connectivity index (χ4n) is 4.52. The molecule has 1 saturated heterocycles. The molecule has 1 aliphatic rings. The van der Waals surface area contributed by atoms with E-state index in [0.29, 0.717) is 21.3 Å². The number of carbonyl (C=O) groups excluding carboxylic acids is 2. The number of carbonyl (C=O) groups is 2. The molecule has 3 aromatic carbocycles. The first-order valence-corrected chi connectivity index (χ1v) is 12.9. The fraction of sp³-hybridized carbons (Fsp3) is 0.286. The number of nitrogens with one attached hydrogen (secondary N) is 3. The lowest BCUT2D eigenvalue weighted by molar-refractivity contribution is 0.102. The Morgan fingerprint density at radius 1 is 0.865 bits per heavy atom. The normalized spacial score (nSPS) is 14.6. The molecule has 0 aliphatic carbocycles. The van der Waals surface area contributed by atoms with Crippen LogP contribution in [-0.2, 0) is 0 Å². The molecule has 0 radical (unpaired) electrons. The van der Waals surface area contributed by atoms with Gasteiger partial charge in [0.05, 0.1) is 24.5 Å². The summed E-state index contributed by atoms with van der Waals surface area (Å²) in [4.78, 5) is 28.8. The molecule has 3 aromatic rings. The van der Waals surface area contributed by atoms with Gasteiger partial charge in [-0.25, -0.2) is 0 Å². The zero-order valence-corrected chi connectivity index (χ0v) is 22.3. The third-order valence-corrected chi connectivity index (χ3v) is 6.86. The topological polar surface area (TPSA) is 82.7 Å². The summed E-state index contributed by atoms with van der Waals surface area (Å²) in [6.07, 6.45) is 3.74. The van der Waals surface area contributed by atoms with Crippen molar-refractivity contribution in [3.8, 4) is 5.75 Å². The molecule has 2 amide bonds. The average molecular weight is 541 g/mol. The molecule has 1 heterocycles. The predicted molar refractivity (Wildman–Crippen MR) is 149 cm³/mol. The predicted octanol–water partition coefficient (Wildman–Crippen LogP) is 6.21. The van der Waals surface area contributed by atoms with Gasteiger partial charge in [-0.3, -0.25) is 14.5 Å². The first kappa shape index (κ1) is 26.9. The van der Waals surface area contributed by atoms with Gasteiger partial charge in [0.15, 0.2) is 0 Å². The maximum absolute atomic E-state index is 13.2. The van der Waals surface area contributed by atoms with E-state index >= 15 is 0 Å². The minimum absolute atomic E-state index is 0.0944. The number of methoxy groups -OCH3 is 1. The molecule has 0 saturated carbocycles. The second-order valence-corrected chi connectivity index (χ2v) is 9.73. The molecular weight excluding hydrogens is 511 g/mol. The van der Waals surface area contributed by atoms with Gasteiger partial charge in [-0.15, -0.1) is 0 Å². The van der Waals surface area contributed by atoms with Gasteiger partial charge < -0.3 is 20.7 Å². The summed E-state index contributed by atoms with van der Waals surface area (Å²) in [6, 6.07) is 17.2. The summed E-state index contributed by atoms with van der Waals surface area (Å²) in [5.74, 6) is -0.544. The van der Waals surface area contributed by atoms with E-state index in [1.807, 2.05) is 19.2 Å². The number of anilines is 2. The van der Waals surface area contributed by atoms with Crippen LogP contribution in [0.15, 0.2) is 60.7 Å². The smallest absolute Gasteiger partial charge is 0.257 e. The highest BCUT2D eigenvalue weighted by atomic mass is 35.5. The first-order valence-electron chi connectivity index (χ1n) is 12.2. The van der Waals surface area contributed by atoms with Crippen LogP contribution in [0.1, 0.15) is 51.7 Å². The van der Waals surface area contributed by atoms with E-state index in [9.17, 15) is 9.59 Å². The van der Waals surface area contributed by atoms with Crippen molar-refractivity contribution in [2.75, 3.05) is 37.9 Å². The van der Waals surface area contributed by atoms with E-state index in [-0.39, 0.29) is 29.1 Å². The summed E-state index contributed by atoms with van der Waals surface area (Å²) >= 11 is 12.2. The lowest BCUT2D eigenvalue weighted by atomic mass is 10.0. The maximum Gasteiger partial charge on any atom is 0.257 e. The molecule has 4 rings (SSSR count). The molecule has 7 nitrogen and oxygen atoms in total. The lowest BCUT2D eigenvalue weighted by Gasteiger charge is -2.34. The van der Waals surface area contributed by atoms with Gasteiger partial charge in [0.25, 0.3) is 11.8 Å². The molecule has 3 N–H and O–H groups in total. The number of piperidine rings is 1. The van der Waals surface area contributed by atoms with E-state index in [2.05, 4.69) is 20.9 Å². The van der Waals surface area contributed by atoms with Gasteiger partial charge in [0.2, 0.25) is 0 Å². The molecule has 0 spiro atoms. The fourth-order valence-corrected chi connectivity index (χ4v) is 4.86. The minimum atomic E-state index is -0.452. The second-order valence-electron chi connectivity index (χ2n) is 8.86. The SMILES string of the molecule is CNC(c1ccc(C(=O)Nc2c(OC)cc(Cl)cc2C(=O)Nc2ccc(Cl)cc2)cc1)N1CCCCC1. The van der Waals surface area contributed by atoms with Crippen molar-refractivity contribution >= 4 is 46.4 Å². The number of likely N-dealkylation sites (tertiary alicyclic amines) is 1. The largest absolute Gasteiger partial charge is 0.494 e. The Hall–Kier alpha value is -3.10. The Labute approximate surface area is 227 Å². The summed E-state index contributed by atoms with van der Waals surface area (Å²) in [7, 11) is 3.40. The molecule has 194 valence electrons. The first-order chi connectivity index (χ1) is 17.9. The van der Waals surface area contributed by atoms with Crippen LogP contribution in [-0.4, -0.2) is 44.0 Å². The quantitative estimate of drug-likeness (QED) is 0.316. The number of benzene rings is 3. The van der Waals surface area contributed by atoms with E-state index in [1.165, 1.54) is 32.4 Å². The van der Waals surface area contributed by atoms with Gasteiger partial charge in [-0.1, -0.05) is 41.8 Å².